The van der Waals surface area contributed by atoms with Crippen LogP contribution in [0, 0.1) is 0 Å². The molecule has 0 aliphatic heterocycles. The Kier molecular flexibility index (Phi) is 3.68. The smallest absolute Gasteiger partial charge is 0.339 e. The summed E-state index contributed by atoms with van der Waals surface area (Å²) >= 11 is 0. The Labute approximate surface area is 131 Å². The fourth-order valence-electron chi connectivity index (χ4n) is 2.32. The molecule has 0 heterocycles. The predicted octanol–water partition coefficient (Wildman–Crippen LogP) is 3.50. The van der Waals surface area contributed by atoms with E-state index in [4.69, 9.17) is 5.11 Å². The van der Waals surface area contributed by atoms with E-state index < -0.39 is 5.97 Å². The van der Waals surface area contributed by atoms with Crippen LogP contribution < -0.4 is 5.32 Å². The summed E-state index contributed by atoms with van der Waals surface area (Å²) in [6, 6.07) is 16.9. The molecule has 0 aliphatic rings. The maximum Gasteiger partial charge on any atom is 0.339 e. The highest BCUT2D eigenvalue weighted by Crippen LogP contribution is 2.22. The normalized spacial score (nSPS) is 10.4. The summed E-state index contributed by atoms with van der Waals surface area (Å²) in [6.07, 6.45) is 0. The minimum absolute atomic E-state index is 0.263. The predicted molar refractivity (Wildman–Crippen MR) is 87.0 cm³/mol. The van der Waals surface area contributed by atoms with Crippen molar-refractivity contribution < 1.29 is 19.8 Å². The van der Waals surface area contributed by atoms with Crippen molar-refractivity contribution in [1.29, 1.82) is 0 Å². The van der Waals surface area contributed by atoms with E-state index in [0.29, 0.717) is 11.3 Å². The second-order valence-electron chi connectivity index (χ2n) is 5.05. The van der Waals surface area contributed by atoms with E-state index in [1.54, 1.807) is 12.1 Å². The SMILES string of the molecule is O=C(Nc1ccc(O)c(C(=O)O)c1)c1ccc2ccccc2c1. The van der Waals surface area contributed by atoms with Crippen molar-refractivity contribution in [1.82, 2.24) is 0 Å². The number of hydrogen-bond acceptors (Lipinski definition) is 3. The summed E-state index contributed by atoms with van der Waals surface area (Å²) < 4.78 is 0. The number of rotatable bonds is 3. The van der Waals surface area contributed by atoms with Gasteiger partial charge in [0.05, 0.1) is 0 Å². The maximum absolute atomic E-state index is 12.3. The van der Waals surface area contributed by atoms with E-state index in [-0.39, 0.29) is 17.2 Å². The number of benzene rings is 3. The van der Waals surface area contributed by atoms with E-state index in [1.807, 2.05) is 30.3 Å². The molecule has 3 aromatic rings. The highest BCUT2D eigenvalue weighted by Gasteiger charge is 2.12. The van der Waals surface area contributed by atoms with Gasteiger partial charge in [-0.05, 0) is 41.1 Å². The number of anilines is 1. The molecule has 0 unspecified atom stereocenters. The Balaban J connectivity index is 1.88. The van der Waals surface area contributed by atoms with Crippen molar-refractivity contribution in [3.8, 4) is 5.75 Å². The van der Waals surface area contributed by atoms with Crippen LogP contribution in [0.2, 0.25) is 0 Å². The first kappa shape index (κ1) is 14.6. The molecule has 0 radical (unpaired) electrons. The van der Waals surface area contributed by atoms with Crippen LogP contribution in [-0.4, -0.2) is 22.1 Å². The first-order valence-electron chi connectivity index (χ1n) is 6.91. The summed E-state index contributed by atoms with van der Waals surface area (Å²) in [4.78, 5) is 23.3. The molecular formula is C18H13NO4. The van der Waals surface area contributed by atoms with Gasteiger partial charge in [0.2, 0.25) is 0 Å². The van der Waals surface area contributed by atoms with Crippen LogP contribution in [0.5, 0.6) is 5.75 Å². The molecule has 23 heavy (non-hydrogen) atoms. The lowest BCUT2D eigenvalue weighted by Gasteiger charge is -2.08. The van der Waals surface area contributed by atoms with Gasteiger partial charge in [0.15, 0.2) is 0 Å². The Morgan fingerprint density at radius 1 is 0.870 bits per heavy atom. The van der Waals surface area contributed by atoms with Gasteiger partial charge in [0.1, 0.15) is 11.3 Å². The van der Waals surface area contributed by atoms with E-state index in [2.05, 4.69) is 5.32 Å². The molecule has 5 heteroatoms. The maximum atomic E-state index is 12.3. The summed E-state index contributed by atoms with van der Waals surface area (Å²) in [5.74, 6) is -1.96. The zero-order valence-electron chi connectivity index (χ0n) is 12.0. The highest BCUT2D eigenvalue weighted by atomic mass is 16.4. The third-order valence-electron chi connectivity index (χ3n) is 3.50. The van der Waals surface area contributed by atoms with Crippen molar-refractivity contribution in [3.05, 3.63) is 71.8 Å². The number of hydrogen-bond donors (Lipinski definition) is 3. The molecule has 0 fully saturated rings. The molecule has 0 atom stereocenters. The van der Waals surface area contributed by atoms with Crippen LogP contribution in [0.15, 0.2) is 60.7 Å². The van der Waals surface area contributed by atoms with Crippen molar-refractivity contribution >= 4 is 28.3 Å². The fraction of sp³-hybridized carbons (Fsp3) is 0. The molecule has 3 N–H and O–H groups in total. The summed E-state index contributed by atoms with van der Waals surface area (Å²) in [6.45, 7) is 0. The molecule has 3 rings (SSSR count). The second-order valence-corrected chi connectivity index (χ2v) is 5.05. The van der Waals surface area contributed by atoms with E-state index in [0.717, 1.165) is 10.8 Å². The number of carboxylic acids is 1. The largest absolute Gasteiger partial charge is 0.507 e. The molecule has 5 nitrogen and oxygen atoms in total. The zero-order valence-corrected chi connectivity index (χ0v) is 12.0. The Morgan fingerprint density at radius 3 is 2.35 bits per heavy atom. The summed E-state index contributed by atoms with van der Waals surface area (Å²) in [7, 11) is 0. The van der Waals surface area contributed by atoms with Crippen LogP contribution in [0.1, 0.15) is 20.7 Å². The Morgan fingerprint density at radius 2 is 1.61 bits per heavy atom. The van der Waals surface area contributed by atoms with E-state index in [9.17, 15) is 14.7 Å². The zero-order chi connectivity index (χ0) is 16.4. The van der Waals surface area contributed by atoms with Crippen molar-refractivity contribution in [2.24, 2.45) is 0 Å². The number of phenols is 1. The highest BCUT2D eigenvalue weighted by molar-refractivity contribution is 6.07. The van der Waals surface area contributed by atoms with Gasteiger partial charge < -0.3 is 15.5 Å². The standard InChI is InChI=1S/C18H13NO4/c20-16-8-7-14(10-15(16)18(22)23)19-17(21)13-6-5-11-3-1-2-4-12(11)9-13/h1-10,20H,(H,19,21)(H,22,23). The third-order valence-corrected chi connectivity index (χ3v) is 3.50. The lowest BCUT2D eigenvalue weighted by atomic mass is 10.1. The van der Waals surface area contributed by atoms with Gasteiger partial charge in [-0.15, -0.1) is 0 Å². The van der Waals surface area contributed by atoms with Gasteiger partial charge in [0.25, 0.3) is 5.91 Å². The molecule has 0 spiro atoms. The van der Waals surface area contributed by atoms with Crippen LogP contribution in [-0.2, 0) is 0 Å². The average Bonchev–Trinajstić information content (AvgIpc) is 2.55. The van der Waals surface area contributed by atoms with Crippen LogP contribution in [0.3, 0.4) is 0 Å². The van der Waals surface area contributed by atoms with Gasteiger partial charge in [-0.25, -0.2) is 4.79 Å². The first-order chi connectivity index (χ1) is 11.0. The molecule has 114 valence electrons. The van der Waals surface area contributed by atoms with Crippen LogP contribution in [0.4, 0.5) is 5.69 Å². The monoisotopic (exact) mass is 307 g/mol. The number of carbonyl (C=O) groups excluding carboxylic acids is 1. The van der Waals surface area contributed by atoms with Gasteiger partial charge in [0, 0.05) is 11.3 Å². The Hall–Kier alpha value is -3.34. The molecular weight excluding hydrogens is 294 g/mol. The molecule has 0 aliphatic carbocycles. The molecule has 0 bridgehead atoms. The van der Waals surface area contributed by atoms with E-state index in [1.165, 1.54) is 18.2 Å². The van der Waals surface area contributed by atoms with Gasteiger partial charge in [-0.2, -0.15) is 0 Å². The minimum Gasteiger partial charge on any atom is -0.507 e. The number of aromatic hydroxyl groups is 1. The molecule has 3 aromatic carbocycles. The van der Waals surface area contributed by atoms with Gasteiger partial charge >= 0.3 is 5.97 Å². The van der Waals surface area contributed by atoms with Crippen LogP contribution in [0.25, 0.3) is 10.8 Å². The molecule has 0 aromatic heterocycles. The quantitative estimate of drug-likeness (QED) is 0.646. The van der Waals surface area contributed by atoms with Crippen molar-refractivity contribution in [3.63, 3.8) is 0 Å². The lowest BCUT2D eigenvalue weighted by molar-refractivity contribution is 0.0693. The number of fused-ring (bicyclic) bond motifs is 1. The van der Waals surface area contributed by atoms with E-state index >= 15 is 0 Å². The number of carbonyl (C=O) groups is 2. The Bertz CT molecular complexity index is 918. The first-order valence-corrected chi connectivity index (χ1v) is 6.91. The average molecular weight is 307 g/mol. The van der Waals surface area contributed by atoms with Crippen molar-refractivity contribution in [2.75, 3.05) is 5.32 Å². The molecule has 1 amide bonds. The van der Waals surface area contributed by atoms with Crippen molar-refractivity contribution in [2.45, 2.75) is 0 Å². The second kappa shape index (κ2) is 5.81. The van der Waals surface area contributed by atoms with Gasteiger partial charge in [-0.1, -0.05) is 30.3 Å². The topological polar surface area (TPSA) is 86.6 Å². The third kappa shape index (κ3) is 2.98. The number of nitrogens with one attached hydrogen (secondary N) is 1. The van der Waals surface area contributed by atoms with Gasteiger partial charge in [-0.3, -0.25) is 4.79 Å². The molecule has 0 saturated heterocycles. The fourth-order valence-corrected chi connectivity index (χ4v) is 2.32. The lowest BCUT2D eigenvalue weighted by Crippen LogP contribution is -2.12. The summed E-state index contributed by atoms with van der Waals surface area (Å²) in [5.41, 5.74) is 0.508. The minimum atomic E-state index is -1.26. The number of aromatic carboxylic acids is 1. The number of amides is 1. The number of carboxylic acid groups (broad SMARTS) is 1. The summed E-state index contributed by atoms with van der Waals surface area (Å²) in [5, 5.41) is 23.1. The van der Waals surface area contributed by atoms with Crippen LogP contribution >= 0.6 is 0 Å². The molecule has 0 saturated carbocycles.